The minimum Gasteiger partial charge on any atom is -0.463 e. The summed E-state index contributed by atoms with van der Waals surface area (Å²) < 4.78 is 18.9. The summed E-state index contributed by atoms with van der Waals surface area (Å²) in [5.74, 6) is -0.144. The molecule has 98 valence electrons. The second-order valence-electron chi connectivity index (χ2n) is 4.44. The van der Waals surface area contributed by atoms with Gasteiger partial charge in [0, 0.05) is 5.02 Å². The Bertz CT molecular complexity index is 464. The molecule has 2 atom stereocenters. The predicted octanol–water partition coefficient (Wildman–Crippen LogP) is 3.08. The van der Waals surface area contributed by atoms with E-state index < -0.39 is 0 Å². The highest BCUT2D eigenvalue weighted by molar-refractivity contribution is 6.30. The monoisotopic (exact) mass is 270 g/mol. The Morgan fingerprint density at radius 3 is 3.00 bits per heavy atom. The van der Waals surface area contributed by atoms with Crippen LogP contribution >= 0.6 is 11.6 Å². The van der Waals surface area contributed by atoms with E-state index in [4.69, 9.17) is 22.1 Å². The first-order chi connectivity index (χ1) is 8.60. The normalized spacial score (nSPS) is 20.4. The fraction of sp³-hybridized carbons (Fsp3) is 0.462. The minimum atomic E-state index is -0.220. The molecule has 2 unspecified atom stereocenters. The topological polar surface area (TPSA) is 47.6 Å². The van der Waals surface area contributed by atoms with Crippen molar-refractivity contribution in [3.63, 3.8) is 0 Å². The molecule has 0 spiro atoms. The van der Waals surface area contributed by atoms with E-state index in [-0.39, 0.29) is 23.8 Å². The molecule has 5 heteroatoms. The first-order valence-electron chi connectivity index (χ1n) is 6.01. The van der Waals surface area contributed by atoms with E-state index >= 15 is 0 Å². The number of ether oxygens (including phenoxy) is 1. The van der Waals surface area contributed by atoms with Crippen molar-refractivity contribution in [2.45, 2.75) is 31.7 Å². The third-order valence-corrected chi connectivity index (χ3v) is 3.42. The van der Waals surface area contributed by atoms with Crippen LogP contribution in [0.1, 0.15) is 31.2 Å². The van der Waals surface area contributed by atoms with E-state index in [1.807, 2.05) is 6.92 Å². The maximum Gasteiger partial charge on any atom is 0.282 e. The number of hydrogen-bond donors (Lipinski definition) is 1. The number of amidine groups is 1. The summed E-state index contributed by atoms with van der Waals surface area (Å²) in [5.41, 5.74) is 6.11. The molecule has 0 amide bonds. The largest absolute Gasteiger partial charge is 0.463 e. The summed E-state index contributed by atoms with van der Waals surface area (Å²) in [4.78, 5) is 4.17. The smallest absolute Gasteiger partial charge is 0.282 e. The van der Waals surface area contributed by atoms with Crippen LogP contribution in [0.25, 0.3) is 0 Å². The highest BCUT2D eigenvalue weighted by Crippen LogP contribution is 2.30. The Hall–Kier alpha value is -1.29. The predicted molar refractivity (Wildman–Crippen MR) is 70.4 cm³/mol. The van der Waals surface area contributed by atoms with Gasteiger partial charge in [-0.15, -0.1) is 0 Å². The molecule has 0 bridgehead atoms. The molecule has 0 saturated heterocycles. The molecule has 0 fully saturated rings. The fourth-order valence-corrected chi connectivity index (χ4v) is 2.41. The van der Waals surface area contributed by atoms with Gasteiger partial charge in [0.15, 0.2) is 0 Å². The molecule has 0 saturated carbocycles. The van der Waals surface area contributed by atoms with Crippen LogP contribution < -0.4 is 5.73 Å². The van der Waals surface area contributed by atoms with E-state index in [1.54, 1.807) is 12.1 Å². The third kappa shape index (κ3) is 2.93. The number of aliphatic imine (C=N–C) groups is 1. The lowest BCUT2D eigenvalue weighted by Gasteiger charge is -2.18. The SMILES string of the molecule is CCC(CC1COC(N)=N1)c1cc(Cl)ccc1F. The van der Waals surface area contributed by atoms with Crippen molar-refractivity contribution in [3.05, 3.63) is 34.6 Å². The van der Waals surface area contributed by atoms with Gasteiger partial charge in [0.1, 0.15) is 12.4 Å². The molecule has 1 aromatic carbocycles. The number of benzene rings is 1. The lowest BCUT2D eigenvalue weighted by Crippen LogP contribution is -2.13. The molecule has 18 heavy (non-hydrogen) atoms. The van der Waals surface area contributed by atoms with Crippen LogP contribution in [0.5, 0.6) is 0 Å². The molecule has 0 aliphatic carbocycles. The first kappa shape index (κ1) is 13.1. The van der Waals surface area contributed by atoms with Crippen LogP contribution in [0.4, 0.5) is 4.39 Å². The van der Waals surface area contributed by atoms with Crippen LogP contribution in [0.3, 0.4) is 0 Å². The van der Waals surface area contributed by atoms with Gasteiger partial charge < -0.3 is 10.5 Å². The average molecular weight is 271 g/mol. The zero-order valence-electron chi connectivity index (χ0n) is 10.2. The molecule has 3 nitrogen and oxygen atoms in total. The minimum absolute atomic E-state index is 0.00771. The van der Waals surface area contributed by atoms with Crippen LogP contribution in [0.15, 0.2) is 23.2 Å². The number of hydrogen-bond acceptors (Lipinski definition) is 3. The zero-order chi connectivity index (χ0) is 13.1. The lowest BCUT2D eigenvalue weighted by atomic mass is 9.90. The Kier molecular flexibility index (Phi) is 4.07. The van der Waals surface area contributed by atoms with Crippen molar-refractivity contribution in [2.75, 3.05) is 6.61 Å². The molecule has 0 aromatic heterocycles. The van der Waals surface area contributed by atoms with Gasteiger partial charge in [-0.2, -0.15) is 0 Å². The first-order valence-corrected chi connectivity index (χ1v) is 6.39. The van der Waals surface area contributed by atoms with E-state index in [9.17, 15) is 4.39 Å². The molecule has 2 N–H and O–H groups in total. The van der Waals surface area contributed by atoms with E-state index in [1.165, 1.54) is 6.07 Å². The van der Waals surface area contributed by atoms with Gasteiger partial charge in [0.2, 0.25) is 0 Å². The number of nitrogens with two attached hydrogens (primary N) is 1. The van der Waals surface area contributed by atoms with Gasteiger partial charge in [-0.3, -0.25) is 0 Å². The average Bonchev–Trinajstić information content (AvgIpc) is 2.75. The standard InChI is InChI=1S/C13H16ClFN2O/c1-2-8(5-10-7-18-13(16)17-10)11-6-9(14)3-4-12(11)15/h3-4,6,8,10H,2,5,7H2,1H3,(H2,16,17). The second kappa shape index (κ2) is 5.57. The fourth-order valence-electron chi connectivity index (χ4n) is 2.23. The Morgan fingerprint density at radius 1 is 1.61 bits per heavy atom. The van der Waals surface area contributed by atoms with Crippen LogP contribution in [0.2, 0.25) is 5.02 Å². The Labute approximate surface area is 111 Å². The van der Waals surface area contributed by atoms with E-state index in [0.29, 0.717) is 23.6 Å². The van der Waals surface area contributed by atoms with Gasteiger partial charge in [0.05, 0.1) is 6.04 Å². The summed E-state index contributed by atoms with van der Waals surface area (Å²) in [6, 6.07) is 4.88. The van der Waals surface area contributed by atoms with Crippen LogP contribution in [0, 0.1) is 5.82 Å². The van der Waals surface area contributed by atoms with Crippen LogP contribution in [-0.4, -0.2) is 18.7 Å². The number of rotatable bonds is 4. The summed E-state index contributed by atoms with van der Waals surface area (Å²) in [6.45, 7) is 2.50. The lowest BCUT2D eigenvalue weighted by molar-refractivity contribution is 0.300. The molecule has 1 aliphatic rings. The Balaban J connectivity index is 2.15. The molecule has 1 aliphatic heterocycles. The van der Waals surface area contributed by atoms with Gasteiger partial charge in [-0.1, -0.05) is 18.5 Å². The molecular weight excluding hydrogens is 255 g/mol. The highest BCUT2D eigenvalue weighted by atomic mass is 35.5. The number of halogens is 2. The van der Waals surface area contributed by atoms with Crippen molar-refractivity contribution in [2.24, 2.45) is 10.7 Å². The zero-order valence-corrected chi connectivity index (χ0v) is 11.0. The van der Waals surface area contributed by atoms with Crippen molar-refractivity contribution in [1.82, 2.24) is 0 Å². The summed E-state index contributed by atoms with van der Waals surface area (Å²) in [7, 11) is 0. The molecule has 1 aromatic rings. The number of nitrogens with zero attached hydrogens (tertiary/aromatic N) is 1. The molecule has 1 heterocycles. The van der Waals surface area contributed by atoms with Gasteiger partial charge in [-0.25, -0.2) is 9.38 Å². The quantitative estimate of drug-likeness (QED) is 0.914. The van der Waals surface area contributed by atoms with Crippen LogP contribution in [-0.2, 0) is 4.74 Å². The van der Waals surface area contributed by atoms with Gasteiger partial charge in [0.25, 0.3) is 6.02 Å². The third-order valence-electron chi connectivity index (χ3n) is 3.18. The van der Waals surface area contributed by atoms with E-state index in [2.05, 4.69) is 4.99 Å². The molecule has 2 rings (SSSR count). The van der Waals surface area contributed by atoms with Gasteiger partial charge >= 0.3 is 0 Å². The summed E-state index contributed by atoms with van der Waals surface area (Å²) in [5, 5.41) is 0.551. The molecule has 0 radical (unpaired) electrons. The van der Waals surface area contributed by atoms with Crippen molar-refractivity contribution in [3.8, 4) is 0 Å². The second-order valence-corrected chi connectivity index (χ2v) is 4.88. The summed E-state index contributed by atoms with van der Waals surface area (Å²) in [6.07, 6.45) is 1.54. The highest BCUT2D eigenvalue weighted by Gasteiger charge is 2.23. The van der Waals surface area contributed by atoms with E-state index in [0.717, 1.165) is 6.42 Å². The summed E-state index contributed by atoms with van der Waals surface area (Å²) >= 11 is 5.92. The Morgan fingerprint density at radius 2 is 2.39 bits per heavy atom. The maximum atomic E-state index is 13.8. The van der Waals surface area contributed by atoms with Crippen molar-refractivity contribution >= 4 is 17.6 Å². The van der Waals surface area contributed by atoms with Crippen molar-refractivity contribution < 1.29 is 9.13 Å². The molecular formula is C13H16ClFN2O. The maximum absolute atomic E-state index is 13.8. The van der Waals surface area contributed by atoms with Crippen molar-refractivity contribution in [1.29, 1.82) is 0 Å². The van der Waals surface area contributed by atoms with Gasteiger partial charge in [-0.05, 0) is 42.5 Å².